The Morgan fingerprint density at radius 3 is 2.50 bits per heavy atom. The zero-order chi connectivity index (χ0) is 22.9. The van der Waals surface area contributed by atoms with Crippen molar-refractivity contribution in [3.63, 3.8) is 0 Å². The fourth-order valence-corrected chi connectivity index (χ4v) is 5.57. The second-order valence-corrected chi connectivity index (χ2v) is 9.11. The number of halogens is 3. The predicted octanol–water partition coefficient (Wildman–Crippen LogP) is 2.80. The molecule has 2 amide bonds. The van der Waals surface area contributed by atoms with E-state index in [-0.39, 0.29) is 30.2 Å². The van der Waals surface area contributed by atoms with Crippen LogP contribution in [0.25, 0.3) is 0 Å². The first-order valence-electron chi connectivity index (χ1n) is 11.4. The van der Waals surface area contributed by atoms with Gasteiger partial charge in [-0.05, 0) is 69.7 Å². The molecule has 2 N–H and O–H groups in total. The van der Waals surface area contributed by atoms with E-state index in [1.165, 1.54) is 12.1 Å². The maximum absolute atomic E-state index is 12.9. The van der Waals surface area contributed by atoms with Crippen LogP contribution in [0.4, 0.5) is 13.2 Å². The molecular weight excluding hydrogens is 423 g/mol. The van der Waals surface area contributed by atoms with Crippen molar-refractivity contribution in [2.75, 3.05) is 19.6 Å². The van der Waals surface area contributed by atoms with Gasteiger partial charge in [0.25, 0.3) is 5.91 Å². The normalized spacial score (nSPS) is 28.9. The number of nitrogens with zero attached hydrogens (tertiary/aromatic N) is 2. The molecule has 4 rings (SSSR count). The van der Waals surface area contributed by atoms with Gasteiger partial charge in [0.05, 0.1) is 18.2 Å². The Bertz CT molecular complexity index is 839. The largest absolute Gasteiger partial charge is 0.416 e. The topological polar surface area (TPSA) is 72.9 Å². The molecule has 1 aliphatic carbocycles. The Morgan fingerprint density at radius 2 is 1.78 bits per heavy atom. The summed E-state index contributed by atoms with van der Waals surface area (Å²) in [5.41, 5.74) is -1.01. The van der Waals surface area contributed by atoms with Gasteiger partial charge < -0.3 is 15.3 Å². The monoisotopic (exact) mass is 453 g/mol. The Morgan fingerprint density at radius 1 is 1.03 bits per heavy atom. The van der Waals surface area contributed by atoms with E-state index in [0.29, 0.717) is 18.6 Å². The van der Waals surface area contributed by atoms with Crippen molar-refractivity contribution in [3.8, 4) is 0 Å². The summed E-state index contributed by atoms with van der Waals surface area (Å²) < 4.78 is 38.7. The fraction of sp³-hybridized carbons (Fsp3) is 0.652. The summed E-state index contributed by atoms with van der Waals surface area (Å²) in [4.78, 5) is 29.6. The van der Waals surface area contributed by atoms with Crippen LogP contribution >= 0.6 is 0 Å². The second-order valence-electron chi connectivity index (χ2n) is 9.11. The molecule has 9 heteroatoms. The first-order chi connectivity index (χ1) is 15.2. The number of carbonyl (C=O) groups is 2. The summed E-state index contributed by atoms with van der Waals surface area (Å²) in [6, 6.07) is 5.05. The van der Waals surface area contributed by atoms with Crippen molar-refractivity contribution < 1.29 is 27.9 Å². The summed E-state index contributed by atoms with van der Waals surface area (Å²) in [5.74, 6) is -0.884. The lowest BCUT2D eigenvalue weighted by atomic mass is 9.87. The third kappa shape index (κ3) is 4.93. The molecule has 2 aliphatic heterocycles. The van der Waals surface area contributed by atoms with E-state index < -0.39 is 17.6 Å². The van der Waals surface area contributed by atoms with E-state index in [9.17, 15) is 27.9 Å². The lowest BCUT2D eigenvalue weighted by Gasteiger charge is -2.45. The number of aliphatic hydroxyl groups is 1. The summed E-state index contributed by atoms with van der Waals surface area (Å²) in [6.07, 6.45) is 1.68. The second kappa shape index (κ2) is 9.39. The molecule has 1 aromatic carbocycles. The maximum atomic E-state index is 12.9. The number of piperidine rings is 1. The minimum absolute atomic E-state index is 0.105. The van der Waals surface area contributed by atoms with Crippen LogP contribution in [0.1, 0.15) is 60.9 Å². The molecule has 2 atom stereocenters. The number of fused-ring (bicyclic) bond motifs is 1. The first-order valence-corrected chi connectivity index (χ1v) is 11.4. The van der Waals surface area contributed by atoms with Crippen molar-refractivity contribution in [1.82, 2.24) is 15.1 Å². The number of nitrogens with one attached hydrogen (secondary N) is 1. The Hall–Kier alpha value is -2.13. The molecule has 3 aliphatic rings. The number of aliphatic hydroxyl groups excluding tert-OH is 1. The summed E-state index contributed by atoms with van der Waals surface area (Å²) in [5, 5.41) is 12.3. The number of hydrogen-bond acceptors (Lipinski definition) is 4. The van der Waals surface area contributed by atoms with Gasteiger partial charge >= 0.3 is 6.18 Å². The van der Waals surface area contributed by atoms with E-state index >= 15 is 0 Å². The van der Waals surface area contributed by atoms with E-state index in [4.69, 9.17) is 0 Å². The minimum Gasteiger partial charge on any atom is -0.393 e. The van der Waals surface area contributed by atoms with Crippen LogP contribution in [0.5, 0.6) is 0 Å². The number of rotatable bonds is 4. The highest BCUT2D eigenvalue weighted by molar-refractivity contribution is 5.96. The summed E-state index contributed by atoms with van der Waals surface area (Å²) in [7, 11) is 0. The molecule has 0 aromatic heterocycles. The van der Waals surface area contributed by atoms with E-state index in [1.807, 2.05) is 4.90 Å². The maximum Gasteiger partial charge on any atom is 0.416 e. The predicted molar refractivity (Wildman–Crippen MR) is 112 cm³/mol. The van der Waals surface area contributed by atoms with Crippen molar-refractivity contribution in [2.45, 2.75) is 75.4 Å². The van der Waals surface area contributed by atoms with Gasteiger partial charge in [0, 0.05) is 30.2 Å². The van der Waals surface area contributed by atoms with Crippen LogP contribution in [0.3, 0.4) is 0 Å². The minimum atomic E-state index is -4.53. The fourth-order valence-electron chi connectivity index (χ4n) is 5.57. The van der Waals surface area contributed by atoms with Gasteiger partial charge in [0.15, 0.2) is 0 Å². The van der Waals surface area contributed by atoms with Gasteiger partial charge in [-0.25, -0.2) is 0 Å². The van der Waals surface area contributed by atoms with Gasteiger partial charge in [0.2, 0.25) is 5.91 Å². The highest BCUT2D eigenvalue weighted by Gasteiger charge is 2.44. The quantitative estimate of drug-likeness (QED) is 0.736. The van der Waals surface area contributed by atoms with Gasteiger partial charge in [-0.3, -0.25) is 14.5 Å². The Labute approximate surface area is 185 Å². The number of carbonyl (C=O) groups excluding carboxylic acids is 2. The molecule has 176 valence electrons. The molecule has 0 spiro atoms. The molecule has 0 radical (unpaired) electrons. The zero-order valence-corrected chi connectivity index (χ0v) is 18.0. The standard InChI is InChI=1S/C23H30F3N3O3/c24-23(25,26)16-4-1-3-15(13-16)22(32)27-14-21(31)29-12-10-20-19(29)5-2-11-28(20)17-6-8-18(30)9-7-17/h1,3-4,13,17-20,30H,2,5-12,14H2,(H,27,32)/t17?,18?,19-,20-/m0/s1. The Kier molecular flexibility index (Phi) is 6.76. The van der Waals surface area contributed by atoms with Gasteiger partial charge in [-0.15, -0.1) is 0 Å². The molecule has 1 saturated carbocycles. The van der Waals surface area contributed by atoms with Gasteiger partial charge in [-0.2, -0.15) is 13.2 Å². The zero-order valence-electron chi connectivity index (χ0n) is 18.0. The molecular formula is C23H30F3N3O3. The van der Waals surface area contributed by atoms with E-state index in [1.54, 1.807) is 0 Å². The van der Waals surface area contributed by atoms with Crippen molar-refractivity contribution in [1.29, 1.82) is 0 Å². The van der Waals surface area contributed by atoms with Gasteiger partial charge in [0.1, 0.15) is 0 Å². The first kappa shape index (κ1) is 23.0. The van der Waals surface area contributed by atoms with Crippen molar-refractivity contribution >= 4 is 11.8 Å². The number of alkyl halides is 3. The molecule has 0 unspecified atom stereocenters. The number of likely N-dealkylation sites (tertiary alicyclic amines) is 2. The highest BCUT2D eigenvalue weighted by atomic mass is 19.4. The SMILES string of the molecule is O=C(NCC(=O)N1CC[C@H]2[C@@H]1CCCN2C1CCC(O)CC1)c1cccc(C(F)(F)F)c1. The van der Waals surface area contributed by atoms with Crippen LogP contribution < -0.4 is 5.32 Å². The average molecular weight is 454 g/mol. The van der Waals surface area contributed by atoms with E-state index in [2.05, 4.69) is 10.2 Å². The number of benzene rings is 1. The third-order valence-corrected chi connectivity index (χ3v) is 7.16. The van der Waals surface area contributed by atoms with Crippen LogP contribution in [0, 0.1) is 0 Å². The van der Waals surface area contributed by atoms with Crippen LogP contribution in [0.2, 0.25) is 0 Å². The molecule has 3 fully saturated rings. The third-order valence-electron chi connectivity index (χ3n) is 7.16. The molecule has 0 bridgehead atoms. The molecule has 2 heterocycles. The lowest BCUT2D eigenvalue weighted by Crippen LogP contribution is -2.55. The lowest BCUT2D eigenvalue weighted by molar-refractivity contribution is -0.137. The molecule has 32 heavy (non-hydrogen) atoms. The van der Waals surface area contributed by atoms with Crippen molar-refractivity contribution in [3.05, 3.63) is 35.4 Å². The number of amides is 2. The molecule has 6 nitrogen and oxygen atoms in total. The molecule has 2 saturated heterocycles. The van der Waals surface area contributed by atoms with Crippen molar-refractivity contribution in [2.24, 2.45) is 0 Å². The smallest absolute Gasteiger partial charge is 0.393 e. The average Bonchev–Trinajstić information content (AvgIpc) is 3.22. The van der Waals surface area contributed by atoms with E-state index in [0.717, 1.165) is 63.6 Å². The summed E-state index contributed by atoms with van der Waals surface area (Å²) >= 11 is 0. The van der Waals surface area contributed by atoms with Crippen LogP contribution in [-0.4, -0.2) is 70.6 Å². The van der Waals surface area contributed by atoms with Gasteiger partial charge in [-0.1, -0.05) is 6.07 Å². The van der Waals surface area contributed by atoms with Crippen LogP contribution in [-0.2, 0) is 11.0 Å². The molecule has 1 aromatic rings. The highest BCUT2D eigenvalue weighted by Crippen LogP contribution is 2.35. The van der Waals surface area contributed by atoms with Crippen LogP contribution in [0.15, 0.2) is 24.3 Å². The Balaban J connectivity index is 1.34. The number of hydrogen-bond donors (Lipinski definition) is 2. The summed E-state index contributed by atoms with van der Waals surface area (Å²) in [6.45, 7) is 1.41.